The largest absolute Gasteiger partial charge is 0.326 e. The normalized spacial score (nSPS) is 11.8. The van der Waals surface area contributed by atoms with Gasteiger partial charge in [-0.1, -0.05) is 54.6 Å². The molecule has 31 heavy (non-hydrogen) atoms. The number of nitrogens with zero attached hydrogens (tertiary/aromatic N) is 2. The third kappa shape index (κ3) is 4.68. The zero-order valence-corrected chi connectivity index (χ0v) is 17.9. The van der Waals surface area contributed by atoms with E-state index >= 15 is 0 Å². The van der Waals surface area contributed by atoms with Crippen LogP contribution in [0.4, 0.5) is 5.69 Å². The van der Waals surface area contributed by atoms with E-state index in [4.69, 9.17) is 17.3 Å². The molecule has 0 bridgehead atoms. The van der Waals surface area contributed by atoms with Crippen LogP contribution in [-0.2, 0) is 6.54 Å². The van der Waals surface area contributed by atoms with Gasteiger partial charge in [-0.2, -0.15) is 5.10 Å². The van der Waals surface area contributed by atoms with Crippen molar-refractivity contribution >= 4 is 23.2 Å². The van der Waals surface area contributed by atoms with Crippen LogP contribution in [0.3, 0.4) is 0 Å². The van der Waals surface area contributed by atoms with Crippen LogP contribution in [0.5, 0.6) is 0 Å². The van der Waals surface area contributed by atoms with Crippen LogP contribution in [0.25, 0.3) is 5.69 Å². The Labute approximate surface area is 186 Å². The molecule has 1 heterocycles. The molecule has 1 atom stereocenters. The molecule has 0 saturated carbocycles. The van der Waals surface area contributed by atoms with E-state index in [0.717, 1.165) is 28.1 Å². The van der Waals surface area contributed by atoms with Gasteiger partial charge in [-0.3, -0.25) is 4.79 Å². The summed E-state index contributed by atoms with van der Waals surface area (Å²) in [6, 6.07) is 26.9. The number of carbonyl (C=O) groups is 1. The number of rotatable bonds is 6. The monoisotopic (exact) mass is 430 g/mol. The van der Waals surface area contributed by atoms with Crippen LogP contribution in [0.2, 0.25) is 0 Å². The fourth-order valence-corrected chi connectivity index (χ4v) is 3.74. The van der Waals surface area contributed by atoms with Crippen molar-refractivity contribution in [3.05, 3.63) is 113 Å². The predicted molar refractivity (Wildman–Crippen MR) is 125 cm³/mol. The number of halogens is 1. The number of aromatic nitrogens is 2. The molecular weight excluding hydrogens is 408 g/mol. The minimum Gasteiger partial charge on any atom is -0.326 e. The van der Waals surface area contributed by atoms with E-state index in [1.54, 1.807) is 10.7 Å². The lowest BCUT2D eigenvalue weighted by atomic mass is 10.0. The van der Waals surface area contributed by atoms with Crippen LogP contribution in [0.15, 0.2) is 84.9 Å². The van der Waals surface area contributed by atoms with Gasteiger partial charge in [0.1, 0.15) is 5.69 Å². The number of benzene rings is 3. The van der Waals surface area contributed by atoms with Gasteiger partial charge < -0.3 is 11.1 Å². The number of anilines is 1. The average molecular weight is 431 g/mol. The SMILES string of the molecule is Cc1cc(C(=O)Nc2cccc(C(Cl)c3ccccc3)c2)n(-c2cccc(CN)c2)n1. The summed E-state index contributed by atoms with van der Waals surface area (Å²) in [6.45, 7) is 2.28. The van der Waals surface area contributed by atoms with Crippen LogP contribution >= 0.6 is 11.6 Å². The van der Waals surface area contributed by atoms with Crippen molar-refractivity contribution in [2.75, 3.05) is 5.32 Å². The Morgan fingerprint density at radius 3 is 2.52 bits per heavy atom. The highest BCUT2D eigenvalue weighted by atomic mass is 35.5. The number of carbonyl (C=O) groups excluding carboxylic acids is 1. The molecule has 6 heteroatoms. The first-order chi connectivity index (χ1) is 15.0. The highest BCUT2D eigenvalue weighted by molar-refractivity contribution is 6.22. The van der Waals surface area contributed by atoms with Gasteiger partial charge in [0.05, 0.1) is 16.8 Å². The Morgan fingerprint density at radius 2 is 1.74 bits per heavy atom. The van der Waals surface area contributed by atoms with Gasteiger partial charge in [0, 0.05) is 12.2 Å². The first kappa shape index (κ1) is 20.8. The second-order valence-electron chi connectivity index (χ2n) is 7.31. The molecule has 3 aromatic carbocycles. The van der Waals surface area contributed by atoms with E-state index in [1.165, 1.54) is 0 Å². The topological polar surface area (TPSA) is 72.9 Å². The molecule has 1 aromatic heterocycles. The quantitative estimate of drug-likeness (QED) is 0.412. The van der Waals surface area contributed by atoms with Crippen molar-refractivity contribution in [3.63, 3.8) is 0 Å². The standard InChI is InChI=1S/C25H23ClN4O/c1-17-13-23(30(29-17)22-12-5-7-18(14-22)16-27)25(31)28-21-11-6-10-20(15-21)24(26)19-8-3-2-4-9-19/h2-15,24H,16,27H2,1H3,(H,28,31). The number of alkyl halides is 1. The summed E-state index contributed by atoms with van der Waals surface area (Å²) >= 11 is 6.66. The Kier molecular flexibility index (Phi) is 6.16. The van der Waals surface area contributed by atoms with Gasteiger partial charge in [-0.15, -0.1) is 11.6 Å². The smallest absolute Gasteiger partial charge is 0.274 e. The lowest BCUT2D eigenvalue weighted by molar-refractivity contribution is 0.101. The van der Waals surface area contributed by atoms with E-state index in [1.807, 2.05) is 85.8 Å². The van der Waals surface area contributed by atoms with Crippen molar-refractivity contribution < 1.29 is 4.79 Å². The van der Waals surface area contributed by atoms with Crippen molar-refractivity contribution in [2.24, 2.45) is 5.73 Å². The summed E-state index contributed by atoms with van der Waals surface area (Å²) in [5, 5.41) is 7.17. The van der Waals surface area contributed by atoms with Crippen molar-refractivity contribution in [2.45, 2.75) is 18.8 Å². The molecule has 4 rings (SSSR count). The zero-order chi connectivity index (χ0) is 21.8. The molecular formula is C25H23ClN4O. The van der Waals surface area contributed by atoms with E-state index < -0.39 is 0 Å². The summed E-state index contributed by atoms with van der Waals surface area (Å²) in [7, 11) is 0. The van der Waals surface area contributed by atoms with Crippen molar-refractivity contribution in [1.29, 1.82) is 0 Å². The van der Waals surface area contributed by atoms with Crippen molar-refractivity contribution in [1.82, 2.24) is 9.78 Å². The number of amides is 1. The molecule has 1 unspecified atom stereocenters. The molecule has 0 radical (unpaired) electrons. The second kappa shape index (κ2) is 9.16. The molecule has 0 aliphatic rings. The second-order valence-corrected chi connectivity index (χ2v) is 7.75. The van der Waals surface area contributed by atoms with Crippen LogP contribution < -0.4 is 11.1 Å². The highest BCUT2D eigenvalue weighted by Crippen LogP contribution is 2.30. The average Bonchev–Trinajstić information content (AvgIpc) is 3.21. The van der Waals surface area contributed by atoms with E-state index in [0.29, 0.717) is 17.9 Å². The van der Waals surface area contributed by atoms with Crippen LogP contribution in [-0.4, -0.2) is 15.7 Å². The number of hydrogen-bond acceptors (Lipinski definition) is 3. The fourth-order valence-electron chi connectivity index (χ4n) is 3.46. The molecule has 0 saturated heterocycles. The number of aryl methyl sites for hydroxylation is 1. The van der Waals surface area contributed by atoms with E-state index in [2.05, 4.69) is 10.4 Å². The Hall–Kier alpha value is -3.41. The summed E-state index contributed by atoms with van der Waals surface area (Å²) < 4.78 is 1.64. The van der Waals surface area contributed by atoms with Gasteiger partial charge >= 0.3 is 0 Å². The molecule has 1 amide bonds. The minimum atomic E-state index is -0.301. The van der Waals surface area contributed by atoms with Crippen molar-refractivity contribution in [3.8, 4) is 5.69 Å². The molecule has 0 aliphatic carbocycles. The summed E-state index contributed by atoms with van der Waals surface area (Å²) in [5.41, 5.74) is 11.3. The Bertz CT molecular complexity index is 1200. The zero-order valence-electron chi connectivity index (χ0n) is 17.1. The molecule has 0 fully saturated rings. The first-order valence-electron chi connectivity index (χ1n) is 10.0. The summed E-state index contributed by atoms with van der Waals surface area (Å²) in [4.78, 5) is 13.1. The lowest BCUT2D eigenvalue weighted by Crippen LogP contribution is -2.17. The van der Waals surface area contributed by atoms with Crippen LogP contribution in [0, 0.1) is 6.92 Å². The lowest BCUT2D eigenvalue weighted by Gasteiger charge is -2.13. The molecule has 5 nitrogen and oxygen atoms in total. The summed E-state index contributed by atoms with van der Waals surface area (Å²) in [6.07, 6.45) is 0. The number of hydrogen-bond donors (Lipinski definition) is 2. The summed E-state index contributed by atoms with van der Waals surface area (Å²) in [5.74, 6) is -0.248. The Morgan fingerprint density at radius 1 is 1.00 bits per heavy atom. The fraction of sp³-hybridized carbons (Fsp3) is 0.120. The Balaban J connectivity index is 1.60. The van der Waals surface area contributed by atoms with Gasteiger partial charge in [-0.05, 0) is 53.9 Å². The minimum absolute atomic E-state index is 0.248. The molecule has 0 aliphatic heterocycles. The highest BCUT2D eigenvalue weighted by Gasteiger charge is 2.17. The number of nitrogens with two attached hydrogens (primary N) is 1. The maximum absolute atomic E-state index is 13.1. The van der Waals surface area contributed by atoms with Gasteiger partial charge in [0.15, 0.2) is 0 Å². The number of nitrogens with one attached hydrogen (secondary N) is 1. The maximum atomic E-state index is 13.1. The van der Waals surface area contributed by atoms with E-state index in [9.17, 15) is 4.79 Å². The third-order valence-corrected chi connectivity index (χ3v) is 5.49. The van der Waals surface area contributed by atoms with Gasteiger partial charge in [0.25, 0.3) is 5.91 Å². The first-order valence-corrected chi connectivity index (χ1v) is 10.4. The molecule has 0 spiro atoms. The van der Waals surface area contributed by atoms with Gasteiger partial charge in [-0.25, -0.2) is 4.68 Å². The molecule has 4 aromatic rings. The predicted octanol–water partition coefficient (Wildman–Crippen LogP) is 5.22. The maximum Gasteiger partial charge on any atom is 0.274 e. The van der Waals surface area contributed by atoms with Gasteiger partial charge in [0.2, 0.25) is 0 Å². The molecule has 156 valence electrons. The van der Waals surface area contributed by atoms with Crippen LogP contribution in [0.1, 0.15) is 38.2 Å². The van der Waals surface area contributed by atoms with E-state index in [-0.39, 0.29) is 11.3 Å². The molecule has 3 N–H and O–H groups in total. The third-order valence-electron chi connectivity index (χ3n) is 4.98.